The zero-order valence-electron chi connectivity index (χ0n) is 10.8. The molecule has 1 saturated heterocycles. The van der Waals surface area contributed by atoms with Crippen LogP contribution in [0.15, 0.2) is 18.2 Å². The van der Waals surface area contributed by atoms with Gasteiger partial charge in [-0.1, -0.05) is 11.6 Å². The number of nitrogens with one attached hydrogen (secondary N) is 2. The largest absolute Gasteiger partial charge is 0.326 e. The Bertz CT molecular complexity index is 530. The molecule has 2 rings (SSSR count). The van der Waals surface area contributed by atoms with Crippen LogP contribution in [0.1, 0.15) is 25.3 Å². The lowest BCUT2D eigenvalue weighted by Crippen LogP contribution is -2.46. The van der Waals surface area contributed by atoms with Crippen molar-refractivity contribution in [2.45, 2.75) is 19.8 Å². The standard InChI is InChI=1S/C14H16ClN3O/c1-14(5-2-6-17-9-14)13(19)18-11-4-3-10(8-16)12(15)7-11/h3-4,7,17H,2,5-6,9H2,1H3,(H,18,19). The van der Waals surface area contributed by atoms with E-state index in [1.807, 2.05) is 13.0 Å². The van der Waals surface area contributed by atoms with E-state index in [-0.39, 0.29) is 5.91 Å². The lowest BCUT2D eigenvalue weighted by atomic mass is 9.82. The maximum absolute atomic E-state index is 12.3. The van der Waals surface area contributed by atoms with Gasteiger partial charge < -0.3 is 10.6 Å². The van der Waals surface area contributed by atoms with Crippen molar-refractivity contribution in [3.8, 4) is 6.07 Å². The highest BCUT2D eigenvalue weighted by molar-refractivity contribution is 6.32. The average Bonchev–Trinajstić information content (AvgIpc) is 2.40. The molecule has 0 aromatic heterocycles. The van der Waals surface area contributed by atoms with Crippen LogP contribution in [0, 0.1) is 16.7 Å². The van der Waals surface area contributed by atoms with E-state index in [9.17, 15) is 4.79 Å². The first kappa shape index (κ1) is 13.9. The smallest absolute Gasteiger partial charge is 0.231 e. The molecule has 0 bridgehead atoms. The van der Waals surface area contributed by atoms with Gasteiger partial charge in [-0.05, 0) is 44.5 Å². The molecule has 0 aliphatic carbocycles. The van der Waals surface area contributed by atoms with E-state index < -0.39 is 5.41 Å². The Labute approximate surface area is 117 Å². The molecular formula is C14H16ClN3O. The highest BCUT2D eigenvalue weighted by atomic mass is 35.5. The number of nitriles is 1. The highest BCUT2D eigenvalue weighted by Crippen LogP contribution is 2.28. The molecule has 0 spiro atoms. The number of carbonyl (C=O) groups excluding carboxylic acids is 1. The van der Waals surface area contributed by atoms with Crippen molar-refractivity contribution in [3.63, 3.8) is 0 Å². The Morgan fingerprint density at radius 2 is 2.37 bits per heavy atom. The van der Waals surface area contributed by atoms with Crippen LogP contribution in [0.2, 0.25) is 5.02 Å². The van der Waals surface area contributed by atoms with Gasteiger partial charge >= 0.3 is 0 Å². The lowest BCUT2D eigenvalue weighted by molar-refractivity contribution is -0.125. The van der Waals surface area contributed by atoms with Crippen LogP contribution in [0.5, 0.6) is 0 Å². The summed E-state index contributed by atoms with van der Waals surface area (Å²) in [5, 5.41) is 15.3. The van der Waals surface area contributed by atoms with Gasteiger partial charge in [0, 0.05) is 12.2 Å². The molecule has 1 aliphatic heterocycles. The summed E-state index contributed by atoms with van der Waals surface area (Å²) in [5.41, 5.74) is 0.643. The fourth-order valence-electron chi connectivity index (χ4n) is 2.22. The fourth-order valence-corrected chi connectivity index (χ4v) is 2.44. The van der Waals surface area contributed by atoms with Crippen LogP contribution in [-0.2, 0) is 4.79 Å². The molecule has 2 N–H and O–H groups in total. The lowest BCUT2D eigenvalue weighted by Gasteiger charge is -2.32. The zero-order chi connectivity index (χ0) is 13.9. The molecule has 1 aromatic rings. The highest BCUT2D eigenvalue weighted by Gasteiger charge is 2.34. The number of carbonyl (C=O) groups is 1. The quantitative estimate of drug-likeness (QED) is 0.873. The van der Waals surface area contributed by atoms with Gasteiger partial charge in [0.2, 0.25) is 5.91 Å². The second-order valence-corrected chi connectivity index (χ2v) is 5.51. The predicted octanol–water partition coefficient (Wildman–Crippen LogP) is 2.54. The summed E-state index contributed by atoms with van der Waals surface area (Å²) in [5.74, 6) is -0.0134. The van der Waals surface area contributed by atoms with Crippen LogP contribution in [0.25, 0.3) is 0 Å². The molecule has 0 saturated carbocycles. The molecule has 1 heterocycles. The minimum Gasteiger partial charge on any atom is -0.326 e. The van der Waals surface area contributed by atoms with Crippen molar-refractivity contribution in [2.24, 2.45) is 5.41 Å². The van der Waals surface area contributed by atoms with E-state index in [1.54, 1.807) is 18.2 Å². The van der Waals surface area contributed by atoms with Gasteiger partial charge in [-0.2, -0.15) is 5.26 Å². The summed E-state index contributed by atoms with van der Waals surface area (Å²) in [4.78, 5) is 12.3. The number of hydrogen-bond acceptors (Lipinski definition) is 3. The van der Waals surface area contributed by atoms with Gasteiger partial charge in [-0.25, -0.2) is 0 Å². The van der Waals surface area contributed by atoms with Crippen molar-refractivity contribution in [2.75, 3.05) is 18.4 Å². The summed E-state index contributed by atoms with van der Waals surface area (Å²) >= 11 is 5.95. The maximum Gasteiger partial charge on any atom is 0.231 e. The van der Waals surface area contributed by atoms with Crippen LogP contribution >= 0.6 is 11.6 Å². The summed E-state index contributed by atoms with van der Waals surface area (Å²) in [6.45, 7) is 3.61. The van der Waals surface area contributed by atoms with Gasteiger partial charge in [0.15, 0.2) is 0 Å². The third-order valence-electron chi connectivity index (χ3n) is 3.49. The van der Waals surface area contributed by atoms with Crippen LogP contribution in [0.3, 0.4) is 0 Å². The topological polar surface area (TPSA) is 64.9 Å². The number of amides is 1. The van der Waals surface area contributed by atoms with Gasteiger partial charge in [-0.15, -0.1) is 0 Å². The predicted molar refractivity (Wildman–Crippen MR) is 75.0 cm³/mol. The van der Waals surface area contributed by atoms with Crippen molar-refractivity contribution in [1.29, 1.82) is 5.26 Å². The summed E-state index contributed by atoms with van der Waals surface area (Å²) in [6, 6.07) is 6.91. The number of rotatable bonds is 2. The second-order valence-electron chi connectivity index (χ2n) is 5.10. The number of nitrogens with zero attached hydrogens (tertiary/aromatic N) is 1. The Kier molecular flexibility index (Phi) is 4.08. The average molecular weight is 278 g/mol. The first-order chi connectivity index (χ1) is 9.05. The molecule has 1 fully saturated rings. The summed E-state index contributed by atoms with van der Waals surface area (Å²) < 4.78 is 0. The molecule has 1 aliphatic rings. The molecule has 1 unspecified atom stereocenters. The van der Waals surface area contributed by atoms with E-state index in [0.717, 1.165) is 19.4 Å². The molecule has 100 valence electrons. The number of hydrogen-bond donors (Lipinski definition) is 2. The van der Waals surface area contributed by atoms with E-state index in [1.165, 1.54) is 0 Å². The molecule has 5 heteroatoms. The van der Waals surface area contributed by atoms with E-state index in [2.05, 4.69) is 10.6 Å². The van der Waals surface area contributed by atoms with Crippen molar-refractivity contribution in [1.82, 2.24) is 5.32 Å². The fraction of sp³-hybridized carbons (Fsp3) is 0.429. The molecular weight excluding hydrogens is 262 g/mol. The number of benzene rings is 1. The van der Waals surface area contributed by atoms with E-state index >= 15 is 0 Å². The summed E-state index contributed by atoms with van der Waals surface area (Å²) in [7, 11) is 0. The normalized spacial score (nSPS) is 22.6. The molecule has 0 radical (unpaired) electrons. The molecule has 1 atom stereocenters. The Morgan fingerprint density at radius 1 is 1.58 bits per heavy atom. The van der Waals surface area contributed by atoms with Crippen molar-refractivity contribution >= 4 is 23.2 Å². The van der Waals surface area contributed by atoms with Crippen molar-refractivity contribution < 1.29 is 4.79 Å². The Hall–Kier alpha value is -1.57. The van der Waals surface area contributed by atoms with Gasteiger partial charge in [0.1, 0.15) is 6.07 Å². The second kappa shape index (κ2) is 5.60. The summed E-state index contributed by atoms with van der Waals surface area (Å²) in [6.07, 6.45) is 1.87. The minimum absolute atomic E-state index is 0.0134. The monoisotopic (exact) mass is 277 g/mol. The van der Waals surface area contributed by atoms with Crippen LogP contribution in [0.4, 0.5) is 5.69 Å². The molecule has 1 amide bonds. The van der Waals surface area contributed by atoms with Gasteiger partial charge in [0.25, 0.3) is 0 Å². The number of piperidine rings is 1. The van der Waals surface area contributed by atoms with E-state index in [4.69, 9.17) is 16.9 Å². The number of anilines is 1. The first-order valence-corrected chi connectivity index (χ1v) is 6.65. The van der Waals surface area contributed by atoms with Crippen LogP contribution < -0.4 is 10.6 Å². The number of halogens is 1. The Balaban J connectivity index is 2.10. The van der Waals surface area contributed by atoms with Gasteiger partial charge in [-0.3, -0.25) is 4.79 Å². The van der Waals surface area contributed by atoms with Crippen LogP contribution in [-0.4, -0.2) is 19.0 Å². The van der Waals surface area contributed by atoms with E-state index in [0.29, 0.717) is 22.8 Å². The zero-order valence-corrected chi connectivity index (χ0v) is 11.5. The van der Waals surface area contributed by atoms with Gasteiger partial charge in [0.05, 0.1) is 16.0 Å². The minimum atomic E-state index is -0.390. The molecule has 19 heavy (non-hydrogen) atoms. The molecule has 1 aromatic carbocycles. The third kappa shape index (κ3) is 3.06. The van der Waals surface area contributed by atoms with Crippen molar-refractivity contribution in [3.05, 3.63) is 28.8 Å². The Morgan fingerprint density at radius 3 is 2.95 bits per heavy atom. The third-order valence-corrected chi connectivity index (χ3v) is 3.81. The maximum atomic E-state index is 12.3. The molecule has 4 nitrogen and oxygen atoms in total. The first-order valence-electron chi connectivity index (χ1n) is 6.27. The SMILES string of the molecule is CC1(C(=O)Nc2ccc(C#N)c(Cl)c2)CCCNC1.